The molecule has 15 heteroatoms. The zero-order chi connectivity index (χ0) is 26.6. The molecule has 11 nitrogen and oxygen atoms in total. The summed E-state index contributed by atoms with van der Waals surface area (Å²) in [5.74, 6) is -2.26. The maximum atomic E-state index is 14.0. The third-order valence-electron chi connectivity index (χ3n) is 7.00. The minimum atomic E-state index is -3.15. The molecule has 6 heterocycles. The summed E-state index contributed by atoms with van der Waals surface area (Å²) in [7, 11) is 0. The van der Waals surface area contributed by atoms with E-state index in [-0.39, 0.29) is 42.3 Å². The molecule has 3 aromatic rings. The van der Waals surface area contributed by atoms with Crippen LogP contribution < -0.4 is 25.2 Å². The Morgan fingerprint density at radius 2 is 1.82 bits per heavy atom. The van der Waals surface area contributed by atoms with E-state index < -0.39 is 25.0 Å². The summed E-state index contributed by atoms with van der Waals surface area (Å²) < 4.78 is 58.1. The van der Waals surface area contributed by atoms with Gasteiger partial charge >= 0.3 is 6.61 Å². The summed E-state index contributed by atoms with van der Waals surface area (Å²) in [6.45, 7) is -0.384. The number of hydrogen-bond donors (Lipinski definition) is 1. The number of fused-ring (bicyclic) bond motifs is 2. The molecule has 0 spiro atoms. The molecule has 0 aliphatic carbocycles. The van der Waals surface area contributed by atoms with E-state index in [4.69, 9.17) is 5.73 Å². The van der Waals surface area contributed by atoms with E-state index in [0.29, 0.717) is 24.9 Å². The summed E-state index contributed by atoms with van der Waals surface area (Å²) >= 11 is 0. The molecule has 2 atom stereocenters. The van der Waals surface area contributed by atoms with Crippen molar-refractivity contribution in [3.8, 4) is 17.3 Å². The van der Waals surface area contributed by atoms with Crippen molar-refractivity contribution in [2.75, 3.05) is 46.6 Å². The van der Waals surface area contributed by atoms with Gasteiger partial charge in [-0.2, -0.15) is 18.9 Å². The Kier molecular flexibility index (Phi) is 5.79. The number of nitrogens with two attached hydrogens (primary N) is 1. The molecular weight excluding hydrogens is 508 g/mol. The van der Waals surface area contributed by atoms with Crippen LogP contribution in [-0.2, 0) is 0 Å². The molecule has 3 fully saturated rings. The average Bonchev–Trinajstić information content (AvgIpc) is 3.59. The van der Waals surface area contributed by atoms with Gasteiger partial charge in [0.25, 0.3) is 11.8 Å². The van der Waals surface area contributed by atoms with Crippen LogP contribution in [0.5, 0.6) is 5.88 Å². The van der Waals surface area contributed by atoms with E-state index in [1.165, 1.54) is 17.2 Å². The lowest BCUT2D eigenvalue weighted by atomic mass is 10.2. The molecule has 6 rings (SSSR count). The van der Waals surface area contributed by atoms with E-state index in [2.05, 4.69) is 39.8 Å². The number of aryl methyl sites for hydroxylation is 1. The predicted molar refractivity (Wildman–Crippen MR) is 130 cm³/mol. The number of alkyl halides is 4. The van der Waals surface area contributed by atoms with Gasteiger partial charge in [0.2, 0.25) is 5.95 Å². The summed E-state index contributed by atoms with van der Waals surface area (Å²) in [6, 6.07) is 5.55. The Morgan fingerprint density at radius 3 is 2.47 bits per heavy atom. The molecule has 2 N–H and O–H groups in total. The van der Waals surface area contributed by atoms with E-state index >= 15 is 0 Å². The fraction of sp³-hybridized carbons (Fsp3) is 0.478. The number of hydrogen-bond acceptors (Lipinski definition) is 11. The number of aromatic nitrogens is 6. The molecular formula is C23H24F4N10O. The normalized spacial score (nSPS) is 22.1. The first-order valence-corrected chi connectivity index (χ1v) is 12.1. The van der Waals surface area contributed by atoms with Gasteiger partial charge in [0.05, 0.1) is 36.2 Å². The van der Waals surface area contributed by atoms with E-state index in [0.717, 1.165) is 17.9 Å². The Morgan fingerprint density at radius 1 is 1.03 bits per heavy atom. The molecule has 3 saturated heterocycles. The molecule has 0 amide bonds. The Labute approximate surface area is 214 Å². The number of ether oxygens (including phenoxy) is 1. The third kappa shape index (κ3) is 4.56. The highest BCUT2D eigenvalue weighted by Crippen LogP contribution is 2.38. The Balaban J connectivity index is 1.33. The van der Waals surface area contributed by atoms with Crippen LogP contribution in [-0.4, -0.2) is 80.9 Å². The largest absolute Gasteiger partial charge is 0.413 e. The van der Waals surface area contributed by atoms with E-state index in [1.807, 2.05) is 24.0 Å². The number of nitrogens with zero attached hydrogens (tertiary/aromatic N) is 9. The number of rotatable bonds is 6. The molecule has 200 valence electrons. The number of halogens is 4. The van der Waals surface area contributed by atoms with Crippen molar-refractivity contribution in [3.05, 3.63) is 30.1 Å². The standard InChI is InChI=1S/C23H24F4N10O/c1-12-2-3-17(34-33-12)36-9-14-6-13(36)10-37(14)22-31-15(7-18(32-22)35-5-4-23(26,27)11-35)16-8-29-19(28)20(30-16)38-21(24)25/h2-3,7-8,13-14,21H,4-6,9-11H2,1H3,(H2,28,29)/t13-,14-/m0/s1. The first-order valence-electron chi connectivity index (χ1n) is 12.1. The van der Waals surface area contributed by atoms with Gasteiger partial charge in [0.15, 0.2) is 11.6 Å². The molecule has 0 saturated carbocycles. The van der Waals surface area contributed by atoms with E-state index in [9.17, 15) is 17.6 Å². The highest BCUT2D eigenvalue weighted by atomic mass is 19.3. The Bertz CT molecular complexity index is 1340. The van der Waals surface area contributed by atoms with Gasteiger partial charge in [-0.3, -0.25) is 0 Å². The topological polar surface area (TPSA) is 122 Å². The van der Waals surface area contributed by atoms with E-state index in [1.54, 1.807) is 0 Å². The lowest BCUT2D eigenvalue weighted by Crippen LogP contribution is -2.47. The minimum Gasteiger partial charge on any atom is -0.413 e. The summed E-state index contributed by atoms with van der Waals surface area (Å²) in [5.41, 5.74) is 6.80. The van der Waals surface area contributed by atoms with Crippen LogP contribution in [0.1, 0.15) is 18.5 Å². The quantitative estimate of drug-likeness (QED) is 0.471. The number of piperazine rings is 1. The van der Waals surface area contributed by atoms with Crippen molar-refractivity contribution in [1.29, 1.82) is 0 Å². The molecule has 2 bridgehead atoms. The lowest BCUT2D eigenvalue weighted by molar-refractivity contribution is -0.0524. The Hall–Kier alpha value is -4.04. The fourth-order valence-electron chi connectivity index (χ4n) is 5.19. The van der Waals surface area contributed by atoms with Crippen LogP contribution >= 0.6 is 0 Å². The molecule has 38 heavy (non-hydrogen) atoms. The summed E-state index contributed by atoms with van der Waals surface area (Å²) in [4.78, 5) is 23.0. The van der Waals surface area contributed by atoms with Gasteiger partial charge in [-0.25, -0.2) is 23.7 Å². The van der Waals surface area contributed by atoms with Crippen molar-refractivity contribution in [2.24, 2.45) is 0 Å². The van der Waals surface area contributed by atoms with Gasteiger partial charge in [0.1, 0.15) is 11.5 Å². The first-order chi connectivity index (χ1) is 18.1. The molecule has 0 radical (unpaired) electrons. The molecule has 0 aromatic carbocycles. The van der Waals surface area contributed by atoms with Crippen LogP contribution in [0, 0.1) is 6.92 Å². The SMILES string of the molecule is Cc1ccc(N2C[C@@H]3C[C@H]2CN3c2nc(-c3cnc(N)c(OC(F)F)n3)cc(N3CCC(F)(F)C3)n2)nn1. The first kappa shape index (κ1) is 24.3. The number of nitrogen functional groups attached to an aromatic ring is 1. The van der Waals surface area contributed by atoms with Gasteiger partial charge in [0, 0.05) is 32.1 Å². The smallest absolute Gasteiger partial charge is 0.388 e. The van der Waals surface area contributed by atoms with Crippen LogP contribution in [0.3, 0.4) is 0 Å². The summed E-state index contributed by atoms with van der Waals surface area (Å²) in [5, 5.41) is 8.46. The van der Waals surface area contributed by atoms with Gasteiger partial charge in [-0.1, -0.05) is 0 Å². The molecule has 3 aromatic heterocycles. The van der Waals surface area contributed by atoms with Crippen molar-refractivity contribution >= 4 is 23.4 Å². The van der Waals surface area contributed by atoms with Crippen molar-refractivity contribution in [1.82, 2.24) is 30.1 Å². The van der Waals surface area contributed by atoms with Crippen LogP contribution in [0.4, 0.5) is 41.0 Å². The predicted octanol–water partition coefficient (Wildman–Crippen LogP) is 2.53. The van der Waals surface area contributed by atoms with Gasteiger partial charge in [-0.15, -0.1) is 5.10 Å². The van der Waals surface area contributed by atoms with Crippen LogP contribution in [0.15, 0.2) is 24.4 Å². The number of anilines is 4. The summed E-state index contributed by atoms with van der Waals surface area (Å²) in [6.07, 6.45) is 1.82. The third-order valence-corrected chi connectivity index (χ3v) is 7.00. The zero-order valence-corrected chi connectivity index (χ0v) is 20.3. The maximum Gasteiger partial charge on any atom is 0.388 e. The highest BCUT2D eigenvalue weighted by Gasteiger charge is 2.45. The van der Waals surface area contributed by atoms with Crippen molar-refractivity contribution in [3.63, 3.8) is 0 Å². The van der Waals surface area contributed by atoms with Crippen molar-refractivity contribution in [2.45, 2.75) is 44.4 Å². The molecule has 3 aliphatic heterocycles. The lowest BCUT2D eigenvalue weighted by Gasteiger charge is -2.35. The fourth-order valence-corrected chi connectivity index (χ4v) is 5.19. The zero-order valence-electron chi connectivity index (χ0n) is 20.3. The van der Waals surface area contributed by atoms with Crippen LogP contribution in [0.25, 0.3) is 11.4 Å². The van der Waals surface area contributed by atoms with Gasteiger partial charge in [-0.05, 0) is 25.5 Å². The molecule has 3 aliphatic rings. The second-order valence-electron chi connectivity index (χ2n) is 9.64. The van der Waals surface area contributed by atoms with Gasteiger partial charge < -0.3 is 25.2 Å². The maximum absolute atomic E-state index is 14.0. The van der Waals surface area contributed by atoms with Crippen LogP contribution in [0.2, 0.25) is 0 Å². The van der Waals surface area contributed by atoms with Crippen molar-refractivity contribution < 1.29 is 22.3 Å². The minimum absolute atomic E-state index is 0.0569. The monoisotopic (exact) mass is 532 g/mol. The second kappa shape index (κ2) is 9.06. The average molecular weight is 533 g/mol. The second-order valence-corrected chi connectivity index (χ2v) is 9.64. The highest BCUT2D eigenvalue weighted by molar-refractivity contribution is 5.64. The molecule has 0 unspecified atom stereocenters.